The van der Waals surface area contributed by atoms with Gasteiger partial charge >= 0.3 is 6.18 Å². The van der Waals surface area contributed by atoms with Crippen LogP contribution in [0.2, 0.25) is 0 Å². The minimum atomic E-state index is -4.44. The predicted octanol–water partition coefficient (Wildman–Crippen LogP) is 2.70. The molecule has 1 aromatic heterocycles. The molecule has 2 rings (SSSR count). The van der Waals surface area contributed by atoms with Crippen LogP contribution >= 0.6 is 0 Å². The largest absolute Gasteiger partial charge is 0.627 e. The second-order valence-electron chi connectivity index (χ2n) is 3.97. The Bertz CT molecular complexity index is 386. The van der Waals surface area contributed by atoms with Crippen LogP contribution in [0.3, 0.4) is 0 Å². The van der Waals surface area contributed by atoms with Crippen LogP contribution in [-0.2, 0) is 6.18 Å². The van der Waals surface area contributed by atoms with E-state index in [0.717, 1.165) is 25.1 Å². The van der Waals surface area contributed by atoms with E-state index in [9.17, 15) is 18.4 Å². The van der Waals surface area contributed by atoms with Crippen LogP contribution in [0.25, 0.3) is 0 Å². The summed E-state index contributed by atoms with van der Waals surface area (Å²) in [6.45, 7) is 0.673. The van der Waals surface area contributed by atoms with E-state index in [1.807, 2.05) is 0 Å². The summed E-state index contributed by atoms with van der Waals surface area (Å²) in [6, 6.07) is 0.908. The Kier molecular flexibility index (Phi) is 2.63. The number of pyridine rings is 1. The first kappa shape index (κ1) is 11.3. The van der Waals surface area contributed by atoms with Crippen molar-refractivity contribution in [2.24, 2.45) is 0 Å². The fraction of sp³-hybridized carbons (Fsp3) is 0.500. The fourth-order valence-electron chi connectivity index (χ4n) is 1.91. The molecule has 0 aliphatic carbocycles. The number of rotatable bonds is 1. The molecule has 0 atom stereocenters. The zero-order valence-corrected chi connectivity index (χ0v) is 8.50. The topological polar surface area (TPSA) is 36.0 Å². The highest BCUT2D eigenvalue weighted by Gasteiger charge is 2.34. The van der Waals surface area contributed by atoms with E-state index in [-0.39, 0.29) is 5.69 Å². The van der Waals surface area contributed by atoms with Gasteiger partial charge in [0.25, 0.3) is 0 Å². The quantitative estimate of drug-likeness (QED) is 0.551. The molecule has 1 aromatic rings. The molecule has 16 heavy (non-hydrogen) atoms. The summed E-state index contributed by atoms with van der Waals surface area (Å²) < 4.78 is 36.6. The fourth-order valence-corrected chi connectivity index (χ4v) is 1.91. The second-order valence-corrected chi connectivity index (χ2v) is 3.97. The number of nitrogens with zero attached hydrogens (tertiary/aromatic N) is 2. The van der Waals surface area contributed by atoms with Crippen molar-refractivity contribution < 1.29 is 13.2 Å². The predicted molar refractivity (Wildman–Crippen MR) is 53.4 cm³/mol. The van der Waals surface area contributed by atoms with Crippen molar-refractivity contribution >= 4 is 5.69 Å². The summed E-state index contributed by atoms with van der Waals surface area (Å²) in [7, 11) is 0. The molecule has 1 saturated heterocycles. The number of hydrogen-bond donors (Lipinski definition) is 0. The van der Waals surface area contributed by atoms with Crippen LogP contribution in [0.5, 0.6) is 0 Å². The van der Waals surface area contributed by atoms with Crippen LogP contribution in [0.15, 0.2) is 18.5 Å². The first-order valence-corrected chi connectivity index (χ1v) is 5.03. The van der Waals surface area contributed by atoms with E-state index in [1.54, 1.807) is 0 Å². The van der Waals surface area contributed by atoms with Crippen molar-refractivity contribution in [1.82, 2.24) is 9.63 Å². The van der Waals surface area contributed by atoms with Crippen molar-refractivity contribution in [3.05, 3.63) is 29.2 Å². The van der Waals surface area contributed by atoms with Crippen LogP contribution < -0.4 is 4.65 Å². The van der Waals surface area contributed by atoms with Gasteiger partial charge in [0.05, 0.1) is 24.8 Å². The lowest BCUT2D eigenvalue weighted by molar-refractivity contribution is -0.137. The minimum Gasteiger partial charge on any atom is -0.627 e. The molecule has 3 nitrogen and oxygen atoms in total. The monoisotopic (exact) mass is 232 g/mol. The third-order valence-electron chi connectivity index (χ3n) is 2.81. The molecule has 0 radical (unpaired) electrons. The summed E-state index contributed by atoms with van der Waals surface area (Å²) in [5.41, 5.74) is -0.752. The van der Waals surface area contributed by atoms with E-state index in [0.29, 0.717) is 13.1 Å². The number of aromatic nitrogens is 1. The molecule has 1 fully saturated rings. The van der Waals surface area contributed by atoms with Crippen LogP contribution in [0.1, 0.15) is 18.4 Å². The van der Waals surface area contributed by atoms with E-state index in [1.165, 1.54) is 6.20 Å². The summed E-state index contributed by atoms with van der Waals surface area (Å²) in [4.78, 5) is 3.51. The molecule has 0 bridgehead atoms. The Hall–Kier alpha value is -1.14. The molecule has 0 aromatic carbocycles. The van der Waals surface area contributed by atoms with Crippen LogP contribution in [0, 0.1) is 5.21 Å². The van der Waals surface area contributed by atoms with Gasteiger partial charge in [-0.25, -0.2) is 0 Å². The zero-order chi connectivity index (χ0) is 11.8. The third-order valence-corrected chi connectivity index (χ3v) is 2.81. The lowest BCUT2D eigenvalue weighted by Gasteiger charge is -2.37. The van der Waals surface area contributed by atoms with Crippen molar-refractivity contribution in [3.63, 3.8) is 0 Å². The summed E-state index contributed by atoms with van der Waals surface area (Å²) in [5.74, 6) is 0. The maximum absolute atomic E-state index is 12.4. The SMILES string of the molecule is [O-][N+]1(c2cncc(C(F)(F)F)c2)CCCC1. The van der Waals surface area contributed by atoms with Gasteiger partial charge in [-0.1, -0.05) is 0 Å². The molecule has 88 valence electrons. The molecule has 0 saturated carbocycles. The van der Waals surface area contributed by atoms with Gasteiger partial charge in [0.1, 0.15) is 0 Å². The molecule has 0 N–H and O–H groups in total. The molecular formula is C10H11F3N2O. The molecule has 1 aliphatic heterocycles. The van der Waals surface area contributed by atoms with E-state index < -0.39 is 16.4 Å². The molecule has 0 unspecified atom stereocenters. The number of hydroxylamine groups is 2. The van der Waals surface area contributed by atoms with E-state index in [4.69, 9.17) is 0 Å². The molecule has 1 aliphatic rings. The van der Waals surface area contributed by atoms with Gasteiger partial charge in [-0.3, -0.25) is 4.98 Å². The van der Waals surface area contributed by atoms with Gasteiger partial charge in [-0.15, -0.1) is 0 Å². The second kappa shape index (κ2) is 3.71. The number of alkyl halides is 3. The Labute approximate surface area is 90.7 Å². The van der Waals surface area contributed by atoms with Gasteiger partial charge in [0.15, 0.2) is 5.69 Å². The number of quaternary nitrogens is 1. The lowest BCUT2D eigenvalue weighted by atomic mass is 10.2. The Balaban J connectivity index is 2.36. The molecule has 6 heteroatoms. The highest BCUT2D eigenvalue weighted by Crippen LogP contribution is 2.34. The smallest absolute Gasteiger partial charge is 0.418 e. The summed E-state index contributed by atoms with van der Waals surface area (Å²) in [6.07, 6.45) is -0.972. The number of hydrogen-bond acceptors (Lipinski definition) is 2. The summed E-state index contributed by atoms with van der Waals surface area (Å²) >= 11 is 0. The first-order valence-electron chi connectivity index (χ1n) is 5.03. The molecule has 0 amide bonds. The highest BCUT2D eigenvalue weighted by molar-refractivity contribution is 5.44. The lowest BCUT2D eigenvalue weighted by Crippen LogP contribution is -2.39. The first-order chi connectivity index (χ1) is 7.42. The van der Waals surface area contributed by atoms with Gasteiger partial charge < -0.3 is 9.85 Å². The Morgan fingerprint density at radius 3 is 2.38 bits per heavy atom. The summed E-state index contributed by atoms with van der Waals surface area (Å²) in [5, 5.41) is 12.1. The minimum absolute atomic E-state index is 0.104. The molecule has 2 heterocycles. The van der Waals surface area contributed by atoms with Crippen molar-refractivity contribution in [2.75, 3.05) is 13.1 Å². The van der Waals surface area contributed by atoms with Crippen molar-refractivity contribution in [1.29, 1.82) is 0 Å². The number of halogens is 3. The molecule has 0 spiro atoms. The van der Waals surface area contributed by atoms with Crippen molar-refractivity contribution in [2.45, 2.75) is 19.0 Å². The maximum atomic E-state index is 12.4. The molecular weight excluding hydrogens is 221 g/mol. The average molecular weight is 232 g/mol. The van der Waals surface area contributed by atoms with Gasteiger partial charge in [-0.2, -0.15) is 13.2 Å². The standard InChI is InChI=1S/C10H11F3N2O/c11-10(12,13)8-5-9(7-14-6-8)15(16)3-1-2-4-15/h5-7H,1-4H2. The maximum Gasteiger partial charge on any atom is 0.418 e. The Morgan fingerprint density at radius 2 is 1.81 bits per heavy atom. The van der Waals surface area contributed by atoms with Crippen LogP contribution in [-0.4, -0.2) is 18.1 Å². The highest BCUT2D eigenvalue weighted by atomic mass is 19.4. The zero-order valence-electron chi connectivity index (χ0n) is 8.50. The normalized spacial score (nSPS) is 20.0. The van der Waals surface area contributed by atoms with Gasteiger partial charge in [0.2, 0.25) is 0 Å². The van der Waals surface area contributed by atoms with Crippen LogP contribution in [0.4, 0.5) is 18.9 Å². The third kappa shape index (κ3) is 2.03. The van der Waals surface area contributed by atoms with E-state index in [2.05, 4.69) is 4.98 Å². The Morgan fingerprint density at radius 1 is 1.19 bits per heavy atom. The van der Waals surface area contributed by atoms with Gasteiger partial charge in [-0.05, 0) is 0 Å². The average Bonchev–Trinajstić information content (AvgIpc) is 2.66. The van der Waals surface area contributed by atoms with Gasteiger partial charge in [0, 0.05) is 25.1 Å². The van der Waals surface area contributed by atoms with Crippen molar-refractivity contribution in [3.8, 4) is 0 Å². The van der Waals surface area contributed by atoms with E-state index >= 15 is 0 Å².